The van der Waals surface area contributed by atoms with Crippen molar-refractivity contribution in [3.05, 3.63) is 23.8 Å². The third-order valence-corrected chi connectivity index (χ3v) is 2.06. The van der Waals surface area contributed by atoms with E-state index in [9.17, 15) is 4.39 Å². The van der Waals surface area contributed by atoms with E-state index in [2.05, 4.69) is 9.97 Å². The second-order valence-corrected chi connectivity index (χ2v) is 2.91. The van der Waals surface area contributed by atoms with Crippen molar-refractivity contribution < 1.29 is 4.39 Å². The van der Waals surface area contributed by atoms with Crippen LogP contribution in [-0.4, -0.2) is 9.97 Å². The predicted molar refractivity (Wildman–Crippen MR) is 49.8 cm³/mol. The number of aromatic nitrogens is 2. The number of anilines is 1. The molecular formula is C9H10FN3. The minimum atomic E-state index is -0.308. The van der Waals surface area contributed by atoms with Crippen LogP contribution in [0.5, 0.6) is 0 Å². The second kappa shape index (κ2) is 2.73. The Bertz CT molecular complexity index is 447. The maximum absolute atomic E-state index is 13.0. The fourth-order valence-electron chi connectivity index (χ4n) is 1.35. The molecule has 2 aromatic rings. The Labute approximate surface area is 74.8 Å². The number of nitrogen functional groups attached to an aromatic ring is 1. The third kappa shape index (κ3) is 1.14. The van der Waals surface area contributed by atoms with Crippen LogP contribution in [0, 0.1) is 5.82 Å². The van der Waals surface area contributed by atoms with Crippen molar-refractivity contribution in [3.8, 4) is 0 Å². The molecule has 0 aromatic carbocycles. The van der Waals surface area contributed by atoms with Crippen LogP contribution < -0.4 is 5.73 Å². The van der Waals surface area contributed by atoms with Gasteiger partial charge in [-0.25, -0.2) is 9.37 Å². The number of hydrogen-bond donors (Lipinski definition) is 2. The predicted octanol–water partition coefficient (Wildman–Crippen LogP) is 1.85. The Balaban J connectivity index is 2.76. The van der Waals surface area contributed by atoms with Crippen molar-refractivity contribution in [1.82, 2.24) is 9.97 Å². The van der Waals surface area contributed by atoms with Crippen LogP contribution in [0.1, 0.15) is 12.6 Å². The minimum Gasteiger partial charge on any atom is -0.397 e. The molecule has 0 saturated carbocycles. The van der Waals surface area contributed by atoms with E-state index in [1.165, 1.54) is 6.20 Å². The first-order valence-electron chi connectivity index (χ1n) is 4.14. The molecule has 3 N–H and O–H groups in total. The number of hydrogen-bond acceptors (Lipinski definition) is 2. The molecule has 0 saturated heterocycles. The summed E-state index contributed by atoms with van der Waals surface area (Å²) < 4.78 is 13.0. The molecule has 0 aliphatic rings. The van der Waals surface area contributed by atoms with E-state index in [1.54, 1.807) is 6.07 Å². The minimum absolute atomic E-state index is 0.308. The summed E-state index contributed by atoms with van der Waals surface area (Å²) in [4.78, 5) is 6.94. The van der Waals surface area contributed by atoms with Gasteiger partial charge in [0.2, 0.25) is 0 Å². The maximum atomic E-state index is 13.0. The van der Waals surface area contributed by atoms with Gasteiger partial charge in [0, 0.05) is 6.20 Å². The average molecular weight is 179 g/mol. The van der Waals surface area contributed by atoms with Crippen molar-refractivity contribution in [2.45, 2.75) is 13.3 Å². The van der Waals surface area contributed by atoms with E-state index in [0.29, 0.717) is 16.7 Å². The lowest BCUT2D eigenvalue weighted by molar-refractivity contribution is 0.639. The normalized spacial score (nSPS) is 10.9. The van der Waals surface area contributed by atoms with Gasteiger partial charge < -0.3 is 10.7 Å². The van der Waals surface area contributed by atoms with Gasteiger partial charge in [-0.3, -0.25) is 0 Å². The molecule has 3 nitrogen and oxygen atoms in total. The summed E-state index contributed by atoms with van der Waals surface area (Å²) >= 11 is 0. The van der Waals surface area contributed by atoms with Gasteiger partial charge in [-0.15, -0.1) is 0 Å². The molecule has 2 aromatic heterocycles. The highest BCUT2D eigenvalue weighted by Crippen LogP contribution is 2.20. The molecule has 68 valence electrons. The molecule has 0 fully saturated rings. The van der Waals surface area contributed by atoms with Gasteiger partial charge in [-0.2, -0.15) is 0 Å². The zero-order chi connectivity index (χ0) is 9.42. The molecule has 0 aliphatic heterocycles. The number of nitrogens with two attached hydrogens (primary N) is 1. The molecule has 0 bridgehead atoms. The summed E-state index contributed by atoms with van der Waals surface area (Å²) in [7, 11) is 0. The number of halogens is 1. The molecule has 0 unspecified atom stereocenters. The van der Waals surface area contributed by atoms with Gasteiger partial charge in [0.05, 0.1) is 16.8 Å². The molecular weight excluding hydrogens is 169 g/mol. The molecule has 0 atom stereocenters. The molecule has 0 spiro atoms. The number of pyridine rings is 1. The monoisotopic (exact) mass is 179 g/mol. The van der Waals surface area contributed by atoms with Gasteiger partial charge in [0.1, 0.15) is 11.5 Å². The van der Waals surface area contributed by atoms with E-state index >= 15 is 0 Å². The fourth-order valence-corrected chi connectivity index (χ4v) is 1.35. The van der Waals surface area contributed by atoms with E-state index in [4.69, 9.17) is 5.73 Å². The Morgan fingerprint density at radius 2 is 2.38 bits per heavy atom. The number of aromatic amines is 1. The number of H-pyrrole nitrogens is 1. The summed E-state index contributed by atoms with van der Waals surface area (Å²) in [6.07, 6.45) is 2.04. The van der Waals surface area contributed by atoms with Gasteiger partial charge in [-0.1, -0.05) is 6.92 Å². The highest BCUT2D eigenvalue weighted by Gasteiger charge is 2.07. The lowest BCUT2D eigenvalue weighted by Gasteiger charge is -2.00. The average Bonchev–Trinajstić information content (AvgIpc) is 2.47. The number of rotatable bonds is 1. The molecule has 2 heterocycles. The zero-order valence-corrected chi connectivity index (χ0v) is 7.26. The summed E-state index contributed by atoms with van der Waals surface area (Å²) in [5, 5.41) is 0.453. The third-order valence-electron chi connectivity index (χ3n) is 2.06. The standard InChI is InChI=1S/C9H10FN3/c1-2-8-7(11)3-5-6(10)4-12-9(5)13-8/h3-4H,2,11H2,1H3,(H,12,13). The van der Waals surface area contributed by atoms with Gasteiger partial charge in [0.15, 0.2) is 0 Å². The summed E-state index contributed by atoms with van der Waals surface area (Å²) in [5.41, 5.74) is 7.59. The van der Waals surface area contributed by atoms with E-state index in [0.717, 1.165) is 12.1 Å². The van der Waals surface area contributed by atoms with E-state index in [-0.39, 0.29) is 5.82 Å². The Morgan fingerprint density at radius 1 is 1.62 bits per heavy atom. The molecule has 0 radical (unpaired) electrons. The first kappa shape index (κ1) is 8.04. The second-order valence-electron chi connectivity index (χ2n) is 2.91. The van der Waals surface area contributed by atoms with Crippen molar-refractivity contribution in [1.29, 1.82) is 0 Å². The van der Waals surface area contributed by atoms with Gasteiger partial charge in [-0.05, 0) is 12.5 Å². The van der Waals surface area contributed by atoms with Crippen LogP contribution in [0.2, 0.25) is 0 Å². The van der Waals surface area contributed by atoms with Crippen LogP contribution >= 0.6 is 0 Å². The van der Waals surface area contributed by atoms with E-state index < -0.39 is 0 Å². The Morgan fingerprint density at radius 3 is 3.08 bits per heavy atom. The highest BCUT2D eigenvalue weighted by molar-refractivity contribution is 5.80. The molecule has 0 aliphatic carbocycles. The number of aryl methyl sites for hydroxylation is 1. The maximum Gasteiger partial charge on any atom is 0.150 e. The van der Waals surface area contributed by atoms with Crippen molar-refractivity contribution in [2.75, 3.05) is 5.73 Å². The quantitative estimate of drug-likeness (QED) is 0.701. The van der Waals surface area contributed by atoms with Crippen LogP contribution in [0.25, 0.3) is 11.0 Å². The smallest absolute Gasteiger partial charge is 0.150 e. The van der Waals surface area contributed by atoms with Crippen molar-refractivity contribution >= 4 is 16.7 Å². The van der Waals surface area contributed by atoms with Crippen LogP contribution in [0.4, 0.5) is 10.1 Å². The molecule has 0 amide bonds. The number of fused-ring (bicyclic) bond motifs is 1. The number of nitrogens with zero attached hydrogens (tertiary/aromatic N) is 1. The number of nitrogens with one attached hydrogen (secondary N) is 1. The fraction of sp³-hybridized carbons (Fsp3) is 0.222. The molecule has 4 heteroatoms. The topological polar surface area (TPSA) is 54.7 Å². The molecule has 2 rings (SSSR count). The van der Waals surface area contributed by atoms with Crippen LogP contribution in [-0.2, 0) is 6.42 Å². The van der Waals surface area contributed by atoms with Gasteiger partial charge in [0.25, 0.3) is 0 Å². The van der Waals surface area contributed by atoms with E-state index in [1.807, 2.05) is 6.92 Å². The van der Waals surface area contributed by atoms with Gasteiger partial charge >= 0.3 is 0 Å². The van der Waals surface area contributed by atoms with Crippen molar-refractivity contribution in [3.63, 3.8) is 0 Å². The Kier molecular flexibility index (Phi) is 1.69. The lowest BCUT2D eigenvalue weighted by atomic mass is 10.2. The van der Waals surface area contributed by atoms with Crippen LogP contribution in [0.3, 0.4) is 0 Å². The summed E-state index contributed by atoms with van der Waals surface area (Å²) in [6.45, 7) is 1.96. The zero-order valence-electron chi connectivity index (χ0n) is 7.26. The van der Waals surface area contributed by atoms with Crippen LogP contribution in [0.15, 0.2) is 12.3 Å². The lowest BCUT2D eigenvalue weighted by Crippen LogP contribution is -1.96. The van der Waals surface area contributed by atoms with Crippen molar-refractivity contribution in [2.24, 2.45) is 0 Å². The Hall–Kier alpha value is -1.58. The summed E-state index contributed by atoms with van der Waals surface area (Å²) in [5.74, 6) is -0.308. The first-order chi connectivity index (χ1) is 6.22. The highest BCUT2D eigenvalue weighted by atomic mass is 19.1. The molecule has 13 heavy (non-hydrogen) atoms. The largest absolute Gasteiger partial charge is 0.397 e. The summed E-state index contributed by atoms with van der Waals surface area (Å²) in [6, 6.07) is 1.62. The first-order valence-corrected chi connectivity index (χ1v) is 4.14. The SMILES string of the molecule is CCc1nc2[nH]cc(F)c2cc1N.